The molecule has 3 rings (SSSR count). The van der Waals surface area contributed by atoms with Gasteiger partial charge in [0.05, 0.1) is 6.10 Å². The molecule has 2 aromatic rings. The van der Waals surface area contributed by atoms with Crippen molar-refractivity contribution in [2.45, 2.75) is 25.4 Å². The highest BCUT2D eigenvalue weighted by Crippen LogP contribution is 2.22. The summed E-state index contributed by atoms with van der Waals surface area (Å²) in [6.07, 6.45) is 2.92. The molecule has 0 radical (unpaired) electrons. The van der Waals surface area contributed by atoms with E-state index in [0.29, 0.717) is 0 Å². The zero-order chi connectivity index (χ0) is 14.5. The van der Waals surface area contributed by atoms with E-state index in [9.17, 15) is 5.11 Å². The van der Waals surface area contributed by atoms with Gasteiger partial charge in [-0.05, 0) is 37.3 Å². The minimum absolute atomic E-state index is 0.0740. The van der Waals surface area contributed by atoms with Crippen molar-refractivity contribution < 1.29 is 5.11 Å². The zero-order valence-electron chi connectivity index (χ0n) is 12.5. The molecule has 0 atom stereocenters. The summed E-state index contributed by atoms with van der Waals surface area (Å²) in [7, 11) is 0. The summed E-state index contributed by atoms with van der Waals surface area (Å²) < 4.78 is 0. The second-order valence-corrected chi connectivity index (χ2v) is 5.88. The quantitative estimate of drug-likeness (QED) is 0.828. The van der Waals surface area contributed by atoms with E-state index in [4.69, 9.17) is 0 Å². The lowest BCUT2D eigenvalue weighted by Gasteiger charge is -2.29. The van der Waals surface area contributed by atoms with E-state index in [1.165, 1.54) is 16.5 Å². The number of aliphatic hydroxyl groups is 1. The Morgan fingerprint density at radius 2 is 1.81 bits per heavy atom. The predicted molar refractivity (Wildman–Crippen MR) is 88.7 cm³/mol. The number of nitrogens with zero attached hydrogens (tertiary/aromatic N) is 1. The maximum absolute atomic E-state index is 9.51. The average molecular weight is 284 g/mol. The fraction of sp³-hybridized carbons (Fsp3) is 0.444. The molecule has 0 bridgehead atoms. The highest BCUT2D eigenvalue weighted by atomic mass is 16.3. The van der Waals surface area contributed by atoms with Crippen LogP contribution >= 0.6 is 0 Å². The van der Waals surface area contributed by atoms with Crippen molar-refractivity contribution in [2.75, 3.05) is 31.5 Å². The molecule has 0 spiro atoms. The normalized spacial score (nSPS) is 17.2. The minimum Gasteiger partial charge on any atom is -0.393 e. The van der Waals surface area contributed by atoms with Crippen LogP contribution in [0.5, 0.6) is 0 Å². The Morgan fingerprint density at radius 3 is 2.67 bits per heavy atom. The van der Waals surface area contributed by atoms with Crippen molar-refractivity contribution in [1.82, 2.24) is 4.90 Å². The number of piperidine rings is 1. The first-order chi connectivity index (χ1) is 10.3. The lowest BCUT2D eigenvalue weighted by Crippen LogP contribution is -2.36. The van der Waals surface area contributed by atoms with Crippen LogP contribution < -0.4 is 5.32 Å². The standard InChI is InChI=1S/C18H24N2O/c21-16-9-13-20(14-10-16)12-4-11-19-18-8-3-6-15-5-1-2-7-17(15)18/h1-3,5-8,16,19,21H,4,9-14H2. The minimum atomic E-state index is -0.0740. The summed E-state index contributed by atoms with van der Waals surface area (Å²) >= 11 is 0. The Bertz CT molecular complexity index is 571. The van der Waals surface area contributed by atoms with E-state index in [1.807, 2.05) is 0 Å². The molecule has 0 unspecified atom stereocenters. The molecule has 3 nitrogen and oxygen atoms in total. The van der Waals surface area contributed by atoms with Crippen LogP contribution in [-0.2, 0) is 0 Å². The van der Waals surface area contributed by atoms with Crippen molar-refractivity contribution in [1.29, 1.82) is 0 Å². The Kier molecular flexibility index (Phi) is 4.73. The van der Waals surface area contributed by atoms with Gasteiger partial charge in [-0.2, -0.15) is 0 Å². The van der Waals surface area contributed by atoms with Crippen LogP contribution in [0.1, 0.15) is 19.3 Å². The maximum atomic E-state index is 9.51. The Hall–Kier alpha value is -1.58. The van der Waals surface area contributed by atoms with Crippen LogP contribution in [0.2, 0.25) is 0 Å². The second-order valence-electron chi connectivity index (χ2n) is 5.88. The lowest BCUT2D eigenvalue weighted by atomic mass is 10.1. The van der Waals surface area contributed by atoms with E-state index in [-0.39, 0.29) is 6.10 Å². The Labute approximate surface area is 126 Å². The van der Waals surface area contributed by atoms with Crippen molar-refractivity contribution in [3.05, 3.63) is 42.5 Å². The van der Waals surface area contributed by atoms with Gasteiger partial charge in [0, 0.05) is 30.7 Å². The van der Waals surface area contributed by atoms with Crippen LogP contribution in [0.25, 0.3) is 10.8 Å². The van der Waals surface area contributed by atoms with Crippen molar-refractivity contribution >= 4 is 16.5 Å². The van der Waals surface area contributed by atoms with Gasteiger partial charge in [-0.25, -0.2) is 0 Å². The molecule has 21 heavy (non-hydrogen) atoms. The molecular weight excluding hydrogens is 260 g/mol. The molecule has 2 N–H and O–H groups in total. The van der Waals surface area contributed by atoms with Gasteiger partial charge in [-0.3, -0.25) is 0 Å². The third-order valence-corrected chi connectivity index (χ3v) is 4.31. The van der Waals surface area contributed by atoms with E-state index < -0.39 is 0 Å². The van der Waals surface area contributed by atoms with Crippen LogP contribution in [0, 0.1) is 0 Å². The molecule has 0 aliphatic carbocycles. The summed E-state index contributed by atoms with van der Waals surface area (Å²) in [4.78, 5) is 2.46. The highest BCUT2D eigenvalue weighted by molar-refractivity contribution is 5.93. The molecule has 0 amide bonds. The van der Waals surface area contributed by atoms with E-state index in [2.05, 4.69) is 52.7 Å². The number of fused-ring (bicyclic) bond motifs is 1. The van der Waals surface area contributed by atoms with Crippen molar-refractivity contribution in [3.63, 3.8) is 0 Å². The fourth-order valence-electron chi connectivity index (χ4n) is 3.05. The van der Waals surface area contributed by atoms with Crippen molar-refractivity contribution in [3.8, 4) is 0 Å². The first kappa shape index (κ1) is 14.4. The zero-order valence-corrected chi connectivity index (χ0v) is 12.5. The molecule has 112 valence electrons. The fourth-order valence-corrected chi connectivity index (χ4v) is 3.05. The van der Waals surface area contributed by atoms with E-state index in [1.54, 1.807) is 0 Å². The monoisotopic (exact) mass is 284 g/mol. The highest BCUT2D eigenvalue weighted by Gasteiger charge is 2.15. The number of aliphatic hydroxyl groups excluding tert-OH is 1. The van der Waals surface area contributed by atoms with Gasteiger partial charge in [0.15, 0.2) is 0 Å². The SMILES string of the molecule is OC1CCN(CCCNc2cccc3ccccc23)CC1. The number of hydrogen-bond acceptors (Lipinski definition) is 3. The van der Waals surface area contributed by atoms with Gasteiger partial charge in [0.1, 0.15) is 0 Å². The van der Waals surface area contributed by atoms with Crippen molar-refractivity contribution in [2.24, 2.45) is 0 Å². The number of likely N-dealkylation sites (tertiary alicyclic amines) is 1. The number of rotatable bonds is 5. The lowest BCUT2D eigenvalue weighted by molar-refractivity contribution is 0.0825. The van der Waals surface area contributed by atoms with Gasteiger partial charge < -0.3 is 15.3 Å². The predicted octanol–water partition coefficient (Wildman–Crippen LogP) is 3.10. The summed E-state index contributed by atoms with van der Waals surface area (Å²) in [6.45, 7) is 4.18. The number of anilines is 1. The molecule has 1 aliphatic heterocycles. The number of hydrogen-bond donors (Lipinski definition) is 2. The molecule has 1 aliphatic rings. The van der Waals surface area contributed by atoms with Crippen LogP contribution in [0.15, 0.2) is 42.5 Å². The third kappa shape index (κ3) is 3.74. The molecule has 1 saturated heterocycles. The van der Waals surface area contributed by atoms with E-state index >= 15 is 0 Å². The van der Waals surface area contributed by atoms with Crippen LogP contribution in [0.3, 0.4) is 0 Å². The molecule has 1 fully saturated rings. The van der Waals surface area contributed by atoms with Gasteiger partial charge >= 0.3 is 0 Å². The maximum Gasteiger partial charge on any atom is 0.0564 e. The van der Waals surface area contributed by atoms with E-state index in [0.717, 1.165) is 45.4 Å². The number of benzene rings is 2. The first-order valence-electron chi connectivity index (χ1n) is 7.95. The topological polar surface area (TPSA) is 35.5 Å². The Balaban J connectivity index is 1.48. The third-order valence-electron chi connectivity index (χ3n) is 4.31. The van der Waals surface area contributed by atoms with Gasteiger partial charge in [0.2, 0.25) is 0 Å². The summed E-state index contributed by atoms with van der Waals surface area (Å²) in [6, 6.07) is 14.9. The smallest absolute Gasteiger partial charge is 0.0564 e. The molecule has 3 heteroatoms. The largest absolute Gasteiger partial charge is 0.393 e. The van der Waals surface area contributed by atoms with Crippen LogP contribution in [-0.4, -0.2) is 42.3 Å². The second kappa shape index (κ2) is 6.92. The summed E-state index contributed by atoms with van der Waals surface area (Å²) in [5.41, 5.74) is 1.22. The average Bonchev–Trinajstić information content (AvgIpc) is 2.53. The van der Waals surface area contributed by atoms with Gasteiger partial charge in [-0.1, -0.05) is 36.4 Å². The summed E-state index contributed by atoms with van der Waals surface area (Å²) in [5, 5.41) is 15.6. The molecule has 1 heterocycles. The first-order valence-corrected chi connectivity index (χ1v) is 7.95. The molecule has 0 saturated carbocycles. The number of nitrogens with one attached hydrogen (secondary N) is 1. The molecule has 0 aromatic heterocycles. The molecular formula is C18H24N2O. The van der Waals surface area contributed by atoms with Gasteiger partial charge in [-0.15, -0.1) is 0 Å². The van der Waals surface area contributed by atoms with Crippen LogP contribution in [0.4, 0.5) is 5.69 Å². The Morgan fingerprint density at radius 1 is 1.05 bits per heavy atom. The molecule has 2 aromatic carbocycles. The summed E-state index contributed by atoms with van der Waals surface area (Å²) in [5.74, 6) is 0. The van der Waals surface area contributed by atoms with Gasteiger partial charge in [0.25, 0.3) is 0 Å².